The summed E-state index contributed by atoms with van der Waals surface area (Å²) in [5.74, 6) is 0.692. The van der Waals surface area contributed by atoms with Crippen molar-refractivity contribution >= 4 is 12.6 Å². The predicted octanol–water partition coefficient (Wildman–Crippen LogP) is 0.690. The van der Waals surface area contributed by atoms with E-state index in [2.05, 4.69) is 6.92 Å². The second kappa shape index (κ2) is 6.64. The van der Waals surface area contributed by atoms with Gasteiger partial charge < -0.3 is 19.5 Å². The molecule has 0 saturated carbocycles. The second-order valence-corrected chi connectivity index (χ2v) is 3.97. The van der Waals surface area contributed by atoms with Gasteiger partial charge in [-0.05, 0) is 24.9 Å². The van der Waals surface area contributed by atoms with Crippen LogP contribution in [0, 0.1) is 0 Å². The van der Waals surface area contributed by atoms with Gasteiger partial charge in [0.2, 0.25) is 0 Å². The zero-order valence-electron chi connectivity index (χ0n) is 10.5. The molecule has 1 aromatic carbocycles. The van der Waals surface area contributed by atoms with Gasteiger partial charge in [-0.15, -0.1) is 0 Å². The Bertz CT molecular complexity index is 354. The summed E-state index contributed by atoms with van der Waals surface area (Å²) in [5.41, 5.74) is 1.26. The van der Waals surface area contributed by atoms with Gasteiger partial charge in [0.15, 0.2) is 0 Å². The molecule has 94 valence electrons. The van der Waals surface area contributed by atoms with Crippen LogP contribution in [0.15, 0.2) is 18.2 Å². The van der Waals surface area contributed by atoms with Crippen molar-refractivity contribution in [1.82, 2.24) is 0 Å². The van der Waals surface area contributed by atoms with Gasteiger partial charge in [0, 0.05) is 5.56 Å². The first-order valence-electron chi connectivity index (χ1n) is 5.73. The fourth-order valence-electron chi connectivity index (χ4n) is 1.42. The molecule has 2 N–H and O–H groups in total. The highest BCUT2D eigenvalue weighted by molar-refractivity contribution is 6.58. The van der Waals surface area contributed by atoms with Crippen molar-refractivity contribution in [2.24, 2.45) is 0 Å². The molecule has 1 rings (SSSR count). The van der Waals surface area contributed by atoms with Crippen LogP contribution in [-0.2, 0) is 11.3 Å². The highest BCUT2D eigenvalue weighted by atomic mass is 16.5. The molecular weight excluding hydrogens is 219 g/mol. The standard InChI is InChI=1S/C12H19BO4/c1-4-9(2)17-8-10-7-11(13(14)15)5-6-12(10)16-3/h5-7,9,14-15H,4,8H2,1-3H3. The zero-order valence-corrected chi connectivity index (χ0v) is 10.5. The van der Waals surface area contributed by atoms with Crippen LogP contribution in [0.25, 0.3) is 0 Å². The van der Waals surface area contributed by atoms with Crippen molar-refractivity contribution < 1.29 is 19.5 Å². The minimum Gasteiger partial charge on any atom is -0.496 e. The Morgan fingerprint density at radius 1 is 1.35 bits per heavy atom. The van der Waals surface area contributed by atoms with Gasteiger partial charge >= 0.3 is 7.12 Å². The lowest BCUT2D eigenvalue weighted by molar-refractivity contribution is 0.0497. The minimum absolute atomic E-state index is 0.169. The summed E-state index contributed by atoms with van der Waals surface area (Å²) >= 11 is 0. The third kappa shape index (κ3) is 4.04. The number of ether oxygens (including phenoxy) is 2. The van der Waals surface area contributed by atoms with Crippen molar-refractivity contribution in [2.75, 3.05) is 7.11 Å². The molecule has 0 heterocycles. The molecule has 0 fully saturated rings. The molecule has 0 aliphatic heterocycles. The summed E-state index contributed by atoms with van der Waals surface area (Å²) in [4.78, 5) is 0. The van der Waals surface area contributed by atoms with E-state index in [1.807, 2.05) is 6.92 Å². The van der Waals surface area contributed by atoms with Crippen molar-refractivity contribution in [3.63, 3.8) is 0 Å². The monoisotopic (exact) mass is 238 g/mol. The summed E-state index contributed by atoms with van der Waals surface area (Å²) in [6.45, 7) is 4.45. The molecule has 0 amide bonds. The Kier molecular flexibility index (Phi) is 5.48. The number of benzene rings is 1. The molecule has 0 aliphatic rings. The van der Waals surface area contributed by atoms with Crippen molar-refractivity contribution in [3.8, 4) is 5.75 Å². The average Bonchev–Trinajstić information content (AvgIpc) is 2.35. The Morgan fingerprint density at radius 2 is 2.06 bits per heavy atom. The van der Waals surface area contributed by atoms with E-state index in [-0.39, 0.29) is 6.10 Å². The van der Waals surface area contributed by atoms with E-state index >= 15 is 0 Å². The Balaban J connectivity index is 2.82. The first kappa shape index (κ1) is 14.0. The summed E-state index contributed by atoms with van der Waals surface area (Å²) in [6.07, 6.45) is 1.10. The topological polar surface area (TPSA) is 58.9 Å². The Hall–Kier alpha value is -1.04. The van der Waals surface area contributed by atoms with Gasteiger partial charge in [-0.1, -0.05) is 19.1 Å². The maximum Gasteiger partial charge on any atom is 0.488 e. The molecule has 0 aromatic heterocycles. The van der Waals surface area contributed by atoms with Crippen LogP contribution in [0.4, 0.5) is 0 Å². The van der Waals surface area contributed by atoms with Gasteiger partial charge in [-0.2, -0.15) is 0 Å². The van der Waals surface area contributed by atoms with Crippen molar-refractivity contribution in [1.29, 1.82) is 0 Å². The fraction of sp³-hybridized carbons (Fsp3) is 0.500. The highest BCUT2D eigenvalue weighted by Crippen LogP contribution is 2.18. The third-order valence-corrected chi connectivity index (χ3v) is 2.70. The lowest BCUT2D eigenvalue weighted by Crippen LogP contribution is -2.30. The van der Waals surface area contributed by atoms with E-state index in [4.69, 9.17) is 19.5 Å². The molecule has 0 saturated heterocycles. The molecule has 1 atom stereocenters. The molecule has 1 aromatic rings. The molecule has 5 heteroatoms. The van der Waals surface area contributed by atoms with Crippen LogP contribution in [-0.4, -0.2) is 30.4 Å². The van der Waals surface area contributed by atoms with E-state index in [1.54, 1.807) is 25.3 Å². The predicted molar refractivity (Wildman–Crippen MR) is 67.4 cm³/mol. The van der Waals surface area contributed by atoms with Gasteiger partial charge in [0.1, 0.15) is 5.75 Å². The summed E-state index contributed by atoms with van der Waals surface area (Å²) in [7, 11) is 0.111. The quantitative estimate of drug-likeness (QED) is 0.716. The minimum atomic E-state index is -1.47. The van der Waals surface area contributed by atoms with Gasteiger partial charge in [-0.3, -0.25) is 0 Å². The molecular formula is C12H19BO4. The van der Waals surface area contributed by atoms with E-state index in [9.17, 15) is 0 Å². The van der Waals surface area contributed by atoms with Crippen LogP contribution in [0.3, 0.4) is 0 Å². The van der Waals surface area contributed by atoms with Crippen LogP contribution >= 0.6 is 0 Å². The zero-order chi connectivity index (χ0) is 12.8. The second-order valence-electron chi connectivity index (χ2n) is 3.97. The van der Waals surface area contributed by atoms with Crippen LogP contribution in [0.2, 0.25) is 0 Å². The molecule has 0 aliphatic carbocycles. The van der Waals surface area contributed by atoms with E-state index in [0.29, 0.717) is 17.8 Å². The molecule has 4 nitrogen and oxygen atoms in total. The maximum atomic E-state index is 9.11. The molecule has 1 unspecified atom stereocenters. The highest BCUT2D eigenvalue weighted by Gasteiger charge is 2.14. The summed E-state index contributed by atoms with van der Waals surface area (Å²) in [6, 6.07) is 5.02. The SMILES string of the molecule is CCC(C)OCc1cc(B(O)O)ccc1OC. The molecule has 17 heavy (non-hydrogen) atoms. The van der Waals surface area contributed by atoms with Crippen LogP contribution < -0.4 is 10.2 Å². The first-order chi connectivity index (χ1) is 8.08. The number of methoxy groups -OCH3 is 1. The Labute approximate surface area is 102 Å². The molecule has 0 bridgehead atoms. The number of rotatable bonds is 6. The first-order valence-corrected chi connectivity index (χ1v) is 5.73. The number of hydrogen-bond donors (Lipinski definition) is 2. The van der Waals surface area contributed by atoms with Crippen LogP contribution in [0.1, 0.15) is 25.8 Å². The van der Waals surface area contributed by atoms with Gasteiger partial charge in [0.05, 0.1) is 19.8 Å². The van der Waals surface area contributed by atoms with E-state index < -0.39 is 7.12 Å². The Morgan fingerprint density at radius 3 is 2.59 bits per heavy atom. The fourth-order valence-corrected chi connectivity index (χ4v) is 1.42. The molecule has 0 radical (unpaired) electrons. The van der Waals surface area contributed by atoms with Crippen LogP contribution in [0.5, 0.6) is 5.75 Å². The normalized spacial score (nSPS) is 12.3. The average molecular weight is 238 g/mol. The molecule has 0 spiro atoms. The lowest BCUT2D eigenvalue weighted by atomic mass is 9.79. The smallest absolute Gasteiger partial charge is 0.488 e. The lowest BCUT2D eigenvalue weighted by Gasteiger charge is -2.14. The van der Waals surface area contributed by atoms with Gasteiger partial charge in [-0.25, -0.2) is 0 Å². The summed E-state index contributed by atoms with van der Waals surface area (Å²) in [5, 5.41) is 18.2. The third-order valence-electron chi connectivity index (χ3n) is 2.70. The number of hydrogen-bond acceptors (Lipinski definition) is 4. The maximum absolute atomic E-state index is 9.11. The van der Waals surface area contributed by atoms with Gasteiger partial charge in [0.25, 0.3) is 0 Å². The largest absolute Gasteiger partial charge is 0.496 e. The van der Waals surface area contributed by atoms with E-state index in [0.717, 1.165) is 12.0 Å². The van der Waals surface area contributed by atoms with E-state index in [1.165, 1.54) is 0 Å². The summed E-state index contributed by atoms with van der Waals surface area (Å²) < 4.78 is 10.8. The van der Waals surface area contributed by atoms with Crippen molar-refractivity contribution in [2.45, 2.75) is 33.0 Å². The van der Waals surface area contributed by atoms with Crippen molar-refractivity contribution in [3.05, 3.63) is 23.8 Å².